The van der Waals surface area contributed by atoms with Crippen LogP contribution in [0.1, 0.15) is 322 Å². The Kier molecular flexibility index (Phi) is 61.8. The first kappa shape index (κ1) is 71.1. The van der Waals surface area contributed by atoms with E-state index >= 15 is 0 Å². The zero-order valence-corrected chi connectivity index (χ0v) is 49.1. The molecule has 0 rings (SSSR count). The van der Waals surface area contributed by atoms with Gasteiger partial charge < -0.3 is 14.6 Å². The van der Waals surface area contributed by atoms with E-state index in [0.29, 0.717) is 12.8 Å². The number of aliphatic hydroxyl groups excluding tert-OH is 1. The van der Waals surface area contributed by atoms with Crippen molar-refractivity contribution >= 4 is 11.9 Å². The molecule has 74 heavy (non-hydrogen) atoms. The fraction of sp³-hybridized carbons (Fsp3) is 0.768. The molecule has 5 heteroatoms. The molecule has 1 unspecified atom stereocenters. The second kappa shape index (κ2) is 64.4. The third kappa shape index (κ3) is 61.6. The average Bonchev–Trinajstić information content (AvgIpc) is 3.40. The third-order valence-electron chi connectivity index (χ3n) is 14.2. The van der Waals surface area contributed by atoms with Gasteiger partial charge in [-0.3, -0.25) is 9.59 Å². The Balaban J connectivity index is 3.42. The number of allylic oxidation sites excluding steroid dienone is 14. The van der Waals surface area contributed by atoms with E-state index < -0.39 is 6.10 Å². The number of ether oxygens (including phenoxy) is 2. The van der Waals surface area contributed by atoms with Crippen molar-refractivity contribution in [3.63, 3.8) is 0 Å². The summed E-state index contributed by atoms with van der Waals surface area (Å²) in [5.74, 6) is -0.579. The molecule has 428 valence electrons. The van der Waals surface area contributed by atoms with Crippen LogP contribution in [0.4, 0.5) is 0 Å². The van der Waals surface area contributed by atoms with E-state index in [9.17, 15) is 14.7 Å². The highest BCUT2D eigenvalue weighted by Gasteiger charge is 2.16. The average molecular weight is 1030 g/mol. The minimum absolute atomic E-state index is 0.0644. The van der Waals surface area contributed by atoms with Crippen LogP contribution in [0.5, 0.6) is 0 Å². The van der Waals surface area contributed by atoms with Crippen LogP contribution in [0.3, 0.4) is 0 Å². The van der Waals surface area contributed by atoms with E-state index in [0.717, 1.165) is 77.0 Å². The predicted molar refractivity (Wildman–Crippen MR) is 325 cm³/mol. The van der Waals surface area contributed by atoms with Gasteiger partial charge in [-0.1, -0.05) is 304 Å². The highest BCUT2D eigenvalue weighted by Crippen LogP contribution is 2.17. The zero-order valence-electron chi connectivity index (χ0n) is 49.1. The number of hydrogen-bond acceptors (Lipinski definition) is 5. The maximum Gasteiger partial charge on any atom is 0.306 e. The van der Waals surface area contributed by atoms with E-state index in [1.54, 1.807) is 0 Å². The molecule has 0 aromatic carbocycles. The van der Waals surface area contributed by atoms with E-state index in [1.165, 1.54) is 218 Å². The molecule has 0 aromatic rings. The summed E-state index contributed by atoms with van der Waals surface area (Å²) in [6.45, 7) is 4.05. The monoisotopic (exact) mass is 1030 g/mol. The lowest BCUT2D eigenvalue weighted by atomic mass is 10.0. The van der Waals surface area contributed by atoms with Gasteiger partial charge in [-0.05, 0) is 89.9 Å². The minimum atomic E-state index is -0.773. The van der Waals surface area contributed by atoms with Gasteiger partial charge in [-0.25, -0.2) is 0 Å². The Labute approximate surface area is 460 Å². The van der Waals surface area contributed by atoms with Gasteiger partial charge in [0.05, 0.1) is 6.61 Å². The molecular formula is C69H122O5. The Hall–Kier alpha value is -2.92. The second-order valence-corrected chi connectivity index (χ2v) is 21.5. The van der Waals surface area contributed by atoms with Crippen molar-refractivity contribution in [2.24, 2.45) is 0 Å². The van der Waals surface area contributed by atoms with Gasteiger partial charge in [0, 0.05) is 12.8 Å². The predicted octanol–water partition coefficient (Wildman–Crippen LogP) is 22.1. The molecule has 1 atom stereocenters. The van der Waals surface area contributed by atoms with Crippen molar-refractivity contribution < 1.29 is 24.2 Å². The van der Waals surface area contributed by atoms with E-state index in [2.05, 4.69) is 98.9 Å². The molecule has 0 fully saturated rings. The maximum absolute atomic E-state index is 12.3. The molecule has 5 nitrogen and oxygen atoms in total. The van der Waals surface area contributed by atoms with Crippen LogP contribution in [0.15, 0.2) is 85.1 Å². The Bertz CT molecular complexity index is 1350. The number of carbonyl (C=O) groups excluding carboxylic acids is 2. The zero-order chi connectivity index (χ0) is 53.4. The molecule has 0 radical (unpaired) electrons. The largest absolute Gasteiger partial charge is 0.462 e. The Morgan fingerprint density at radius 3 is 0.892 bits per heavy atom. The summed E-state index contributed by atoms with van der Waals surface area (Å²) in [5, 5.41) is 9.67. The number of hydrogen-bond donors (Lipinski definition) is 1. The van der Waals surface area contributed by atoms with Gasteiger partial charge in [-0.2, -0.15) is 0 Å². The molecule has 0 aromatic heterocycles. The summed E-state index contributed by atoms with van der Waals surface area (Å²) in [4.78, 5) is 24.6. The molecular weight excluding hydrogens is 909 g/mol. The third-order valence-corrected chi connectivity index (χ3v) is 14.2. The topological polar surface area (TPSA) is 72.8 Å². The van der Waals surface area contributed by atoms with Crippen molar-refractivity contribution in [3.8, 4) is 0 Å². The van der Waals surface area contributed by atoms with E-state index in [4.69, 9.17) is 9.47 Å². The summed E-state index contributed by atoms with van der Waals surface area (Å²) < 4.78 is 10.7. The fourth-order valence-corrected chi connectivity index (χ4v) is 9.38. The van der Waals surface area contributed by atoms with E-state index in [1.807, 2.05) is 0 Å². The quantitative estimate of drug-likeness (QED) is 0.0373. The van der Waals surface area contributed by atoms with Gasteiger partial charge in [0.15, 0.2) is 6.10 Å². The lowest BCUT2D eigenvalue weighted by molar-refractivity contribution is -0.161. The first-order valence-electron chi connectivity index (χ1n) is 32.1. The van der Waals surface area contributed by atoms with Crippen LogP contribution in [0.2, 0.25) is 0 Å². The maximum atomic E-state index is 12.3. The highest BCUT2D eigenvalue weighted by atomic mass is 16.6. The summed E-state index contributed by atoms with van der Waals surface area (Å²) in [6.07, 6.45) is 90.2. The van der Waals surface area contributed by atoms with Gasteiger partial charge in [0.1, 0.15) is 6.61 Å². The molecule has 0 amide bonds. The SMILES string of the molecule is CC/C=C\C/C=C\C/C=C\C/C=C\C/C=C\C/C=C\CCCCCCCCCCCCCCCCCCCCCCCCC(=O)OC(CO)COC(=O)CCCCCCCCCCC/C=C\CCCCCCCC. The van der Waals surface area contributed by atoms with E-state index in [-0.39, 0.29) is 25.2 Å². The van der Waals surface area contributed by atoms with Crippen LogP contribution < -0.4 is 0 Å². The van der Waals surface area contributed by atoms with Gasteiger partial charge in [0.2, 0.25) is 0 Å². The van der Waals surface area contributed by atoms with Crippen molar-refractivity contribution in [2.45, 2.75) is 328 Å². The standard InChI is InChI=1S/C69H122O5/c1-3-5-7-9-11-13-15-17-19-21-23-24-25-26-27-28-29-30-31-32-33-34-35-36-37-38-39-40-41-42-43-44-46-48-50-52-54-56-58-60-62-64-69(72)74-67(65-70)66-73-68(71)63-61-59-57-55-53-51-49-47-45-22-20-18-16-14-12-10-8-6-4-2/h5,7,11,13,17-20,23-24,26-27,29-30,67,70H,3-4,6,8-10,12,14-16,21-22,25,28,31-66H2,1-2H3/b7-5-,13-11-,19-17-,20-18-,24-23-,27-26-,30-29-. The van der Waals surface area contributed by atoms with Crippen molar-refractivity contribution in [3.05, 3.63) is 85.1 Å². The smallest absolute Gasteiger partial charge is 0.306 e. The molecule has 0 aliphatic rings. The molecule has 0 spiro atoms. The summed E-state index contributed by atoms with van der Waals surface area (Å²) in [5.41, 5.74) is 0. The Morgan fingerprint density at radius 1 is 0.324 bits per heavy atom. The van der Waals surface area contributed by atoms with Crippen LogP contribution in [-0.4, -0.2) is 36.4 Å². The number of unbranched alkanes of at least 4 members (excludes halogenated alkanes) is 37. The first-order valence-corrected chi connectivity index (χ1v) is 32.1. The second-order valence-electron chi connectivity index (χ2n) is 21.5. The molecule has 0 aliphatic carbocycles. The molecule has 0 saturated carbocycles. The van der Waals surface area contributed by atoms with Crippen LogP contribution in [-0.2, 0) is 19.1 Å². The summed E-state index contributed by atoms with van der Waals surface area (Å²) in [6, 6.07) is 0. The van der Waals surface area contributed by atoms with Gasteiger partial charge in [-0.15, -0.1) is 0 Å². The fourth-order valence-electron chi connectivity index (χ4n) is 9.38. The molecule has 1 N–H and O–H groups in total. The van der Waals surface area contributed by atoms with Crippen molar-refractivity contribution in [1.82, 2.24) is 0 Å². The minimum Gasteiger partial charge on any atom is -0.462 e. The number of esters is 2. The normalized spacial score (nSPS) is 12.7. The van der Waals surface area contributed by atoms with Gasteiger partial charge >= 0.3 is 11.9 Å². The van der Waals surface area contributed by atoms with Gasteiger partial charge in [0.25, 0.3) is 0 Å². The lowest BCUT2D eigenvalue weighted by Gasteiger charge is -2.15. The lowest BCUT2D eigenvalue weighted by Crippen LogP contribution is -2.28. The molecule has 0 heterocycles. The van der Waals surface area contributed by atoms with Crippen LogP contribution in [0.25, 0.3) is 0 Å². The number of rotatable bonds is 59. The summed E-state index contributed by atoms with van der Waals surface area (Å²) >= 11 is 0. The number of carbonyl (C=O) groups is 2. The summed E-state index contributed by atoms with van der Waals surface area (Å²) in [7, 11) is 0. The van der Waals surface area contributed by atoms with Crippen LogP contribution in [0, 0.1) is 0 Å². The van der Waals surface area contributed by atoms with Crippen molar-refractivity contribution in [2.75, 3.05) is 13.2 Å². The first-order chi connectivity index (χ1) is 36.6. The highest BCUT2D eigenvalue weighted by molar-refractivity contribution is 5.70. The molecule has 0 saturated heterocycles. The Morgan fingerprint density at radius 2 is 0.581 bits per heavy atom. The molecule has 0 bridgehead atoms. The van der Waals surface area contributed by atoms with Crippen LogP contribution >= 0.6 is 0 Å². The number of aliphatic hydroxyl groups is 1. The molecule has 0 aliphatic heterocycles. The van der Waals surface area contributed by atoms with Crippen molar-refractivity contribution in [1.29, 1.82) is 0 Å².